The lowest BCUT2D eigenvalue weighted by Gasteiger charge is -2.23. The zero-order chi connectivity index (χ0) is 12.8. The van der Waals surface area contributed by atoms with Gasteiger partial charge in [0.15, 0.2) is 0 Å². The van der Waals surface area contributed by atoms with Crippen LogP contribution in [0.1, 0.15) is 5.56 Å². The van der Waals surface area contributed by atoms with Gasteiger partial charge in [0.2, 0.25) is 0 Å². The predicted octanol–water partition coefficient (Wildman–Crippen LogP) is 2.38. The third-order valence-corrected chi connectivity index (χ3v) is 2.56. The summed E-state index contributed by atoms with van der Waals surface area (Å²) in [6, 6.07) is 6.71. The summed E-state index contributed by atoms with van der Waals surface area (Å²) in [6.07, 6.45) is -2.49. The fourth-order valence-electron chi connectivity index (χ4n) is 1.43. The molecule has 0 radical (unpaired) electrons. The van der Waals surface area contributed by atoms with E-state index in [9.17, 15) is 8.78 Å². The molecule has 0 amide bonds. The first-order valence-electron chi connectivity index (χ1n) is 4.91. The van der Waals surface area contributed by atoms with Crippen LogP contribution in [0, 0.1) is 11.3 Å². The summed E-state index contributed by atoms with van der Waals surface area (Å²) in [7, 11) is 0. The number of aliphatic hydroxyl groups is 1. The molecule has 0 aliphatic heterocycles. The Morgan fingerprint density at radius 2 is 2.12 bits per heavy atom. The molecule has 0 unspecified atom stereocenters. The van der Waals surface area contributed by atoms with Crippen molar-refractivity contribution >= 4 is 21.6 Å². The van der Waals surface area contributed by atoms with Crippen molar-refractivity contribution in [3.05, 3.63) is 28.2 Å². The van der Waals surface area contributed by atoms with Crippen LogP contribution in [0.3, 0.4) is 0 Å². The van der Waals surface area contributed by atoms with E-state index in [0.717, 1.165) is 0 Å². The van der Waals surface area contributed by atoms with E-state index in [1.807, 2.05) is 6.07 Å². The summed E-state index contributed by atoms with van der Waals surface area (Å²) in [5.74, 6) is 0. The number of nitriles is 1. The van der Waals surface area contributed by atoms with Gasteiger partial charge in [0, 0.05) is 16.7 Å². The number of rotatable bonds is 5. The molecule has 1 aromatic carbocycles. The Morgan fingerprint density at radius 3 is 2.65 bits per heavy atom. The summed E-state index contributed by atoms with van der Waals surface area (Å²) in [4.78, 5) is 1.34. The molecular formula is C11H11BrF2N2O. The molecule has 6 heteroatoms. The van der Waals surface area contributed by atoms with Gasteiger partial charge >= 0.3 is 0 Å². The van der Waals surface area contributed by atoms with Gasteiger partial charge in [0.1, 0.15) is 0 Å². The maximum atomic E-state index is 12.4. The summed E-state index contributed by atoms with van der Waals surface area (Å²) >= 11 is 3.21. The van der Waals surface area contributed by atoms with E-state index in [2.05, 4.69) is 15.9 Å². The normalized spacial score (nSPS) is 10.4. The van der Waals surface area contributed by atoms with Crippen molar-refractivity contribution in [3.8, 4) is 6.07 Å². The summed E-state index contributed by atoms with van der Waals surface area (Å²) in [6.45, 7) is -0.589. The first kappa shape index (κ1) is 13.9. The average Bonchev–Trinajstić information content (AvgIpc) is 2.27. The highest BCUT2D eigenvalue weighted by molar-refractivity contribution is 9.10. The summed E-state index contributed by atoms with van der Waals surface area (Å²) < 4.78 is 25.4. The summed E-state index contributed by atoms with van der Waals surface area (Å²) in [5.41, 5.74) is 0.872. The second-order valence-corrected chi connectivity index (χ2v) is 4.29. The highest BCUT2D eigenvalue weighted by atomic mass is 79.9. The summed E-state index contributed by atoms with van der Waals surface area (Å²) in [5, 5.41) is 17.6. The number of hydrogen-bond acceptors (Lipinski definition) is 3. The molecule has 0 saturated carbocycles. The Balaban J connectivity index is 3.00. The first-order chi connectivity index (χ1) is 8.06. The zero-order valence-electron chi connectivity index (χ0n) is 8.91. The van der Waals surface area contributed by atoms with E-state index in [4.69, 9.17) is 10.4 Å². The largest absolute Gasteiger partial charge is 0.395 e. The average molecular weight is 305 g/mol. The molecule has 92 valence electrons. The lowest BCUT2D eigenvalue weighted by Crippen LogP contribution is -2.31. The first-order valence-corrected chi connectivity index (χ1v) is 5.70. The van der Waals surface area contributed by atoms with Crippen molar-refractivity contribution < 1.29 is 13.9 Å². The monoisotopic (exact) mass is 304 g/mol. The lowest BCUT2D eigenvalue weighted by molar-refractivity contribution is 0.153. The van der Waals surface area contributed by atoms with Crippen molar-refractivity contribution in [2.45, 2.75) is 6.43 Å². The van der Waals surface area contributed by atoms with Gasteiger partial charge in [-0.05, 0) is 18.2 Å². The molecule has 0 spiro atoms. The topological polar surface area (TPSA) is 47.3 Å². The molecule has 0 heterocycles. The molecule has 0 aliphatic carbocycles. The Kier molecular flexibility index (Phi) is 5.32. The van der Waals surface area contributed by atoms with Crippen molar-refractivity contribution in [2.24, 2.45) is 0 Å². The Labute approximate surface area is 106 Å². The van der Waals surface area contributed by atoms with Gasteiger partial charge in [-0.3, -0.25) is 0 Å². The molecule has 0 saturated heterocycles. The van der Waals surface area contributed by atoms with E-state index in [-0.39, 0.29) is 13.2 Å². The van der Waals surface area contributed by atoms with Crippen molar-refractivity contribution in [2.75, 3.05) is 24.6 Å². The standard InChI is InChI=1S/C11H11BrF2N2O/c12-9-3-8(6-15)4-10(5-9)16(1-2-17)7-11(13)14/h3-5,11,17H,1-2,7H2. The molecule has 0 fully saturated rings. The Morgan fingerprint density at radius 1 is 1.41 bits per heavy atom. The molecule has 3 nitrogen and oxygen atoms in total. The van der Waals surface area contributed by atoms with E-state index < -0.39 is 13.0 Å². The number of anilines is 1. The molecule has 1 aromatic rings. The van der Waals surface area contributed by atoms with Gasteiger partial charge in [-0.2, -0.15) is 5.26 Å². The van der Waals surface area contributed by atoms with E-state index >= 15 is 0 Å². The molecule has 0 aromatic heterocycles. The number of aliphatic hydroxyl groups excluding tert-OH is 1. The predicted molar refractivity (Wildman–Crippen MR) is 64.2 cm³/mol. The van der Waals surface area contributed by atoms with Crippen LogP contribution in [-0.2, 0) is 0 Å². The van der Waals surface area contributed by atoms with Crippen LogP contribution >= 0.6 is 15.9 Å². The minimum Gasteiger partial charge on any atom is -0.395 e. The van der Waals surface area contributed by atoms with Gasteiger partial charge in [-0.1, -0.05) is 15.9 Å². The number of nitrogens with zero attached hydrogens (tertiary/aromatic N) is 2. The van der Waals surface area contributed by atoms with Crippen LogP contribution in [0.2, 0.25) is 0 Å². The molecule has 0 bridgehead atoms. The molecular weight excluding hydrogens is 294 g/mol. The molecule has 17 heavy (non-hydrogen) atoms. The molecule has 0 atom stereocenters. The van der Waals surface area contributed by atoms with Crippen LogP contribution < -0.4 is 4.90 Å². The number of benzene rings is 1. The van der Waals surface area contributed by atoms with Crippen LogP contribution in [0.15, 0.2) is 22.7 Å². The van der Waals surface area contributed by atoms with Gasteiger partial charge in [0.05, 0.1) is 24.8 Å². The van der Waals surface area contributed by atoms with Crippen LogP contribution in [0.5, 0.6) is 0 Å². The van der Waals surface area contributed by atoms with Gasteiger partial charge in [-0.25, -0.2) is 8.78 Å². The maximum absolute atomic E-state index is 12.4. The van der Waals surface area contributed by atoms with Gasteiger partial charge < -0.3 is 10.0 Å². The van der Waals surface area contributed by atoms with Crippen LogP contribution in [0.25, 0.3) is 0 Å². The number of alkyl halides is 2. The second-order valence-electron chi connectivity index (χ2n) is 3.37. The van der Waals surface area contributed by atoms with Gasteiger partial charge in [0.25, 0.3) is 6.43 Å². The molecule has 0 aliphatic rings. The van der Waals surface area contributed by atoms with Crippen molar-refractivity contribution in [1.82, 2.24) is 0 Å². The van der Waals surface area contributed by atoms with E-state index in [1.54, 1.807) is 12.1 Å². The third-order valence-electron chi connectivity index (χ3n) is 2.11. The van der Waals surface area contributed by atoms with Crippen LogP contribution in [-0.4, -0.2) is 31.2 Å². The molecule has 1 rings (SSSR count). The zero-order valence-corrected chi connectivity index (χ0v) is 10.5. The van der Waals surface area contributed by atoms with Crippen LogP contribution in [0.4, 0.5) is 14.5 Å². The quantitative estimate of drug-likeness (QED) is 0.908. The minimum absolute atomic E-state index is 0.103. The highest BCUT2D eigenvalue weighted by Crippen LogP contribution is 2.23. The Hall–Kier alpha value is -1.19. The maximum Gasteiger partial charge on any atom is 0.255 e. The van der Waals surface area contributed by atoms with Crippen molar-refractivity contribution in [1.29, 1.82) is 5.26 Å². The Bertz CT molecular complexity index is 420. The number of hydrogen-bond donors (Lipinski definition) is 1. The number of halogens is 3. The molecule has 1 N–H and O–H groups in total. The SMILES string of the molecule is N#Cc1cc(Br)cc(N(CCO)CC(F)F)c1. The van der Waals surface area contributed by atoms with Crippen molar-refractivity contribution in [3.63, 3.8) is 0 Å². The highest BCUT2D eigenvalue weighted by Gasteiger charge is 2.13. The third kappa shape index (κ3) is 4.29. The van der Waals surface area contributed by atoms with E-state index in [0.29, 0.717) is 15.7 Å². The lowest BCUT2D eigenvalue weighted by atomic mass is 10.2. The fraction of sp³-hybridized carbons (Fsp3) is 0.364. The fourth-order valence-corrected chi connectivity index (χ4v) is 1.92. The van der Waals surface area contributed by atoms with E-state index in [1.165, 1.54) is 11.0 Å². The minimum atomic E-state index is -2.49. The van der Waals surface area contributed by atoms with Gasteiger partial charge in [-0.15, -0.1) is 0 Å². The second kappa shape index (κ2) is 6.52. The smallest absolute Gasteiger partial charge is 0.255 e.